The fourth-order valence-electron chi connectivity index (χ4n) is 4.14. The summed E-state index contributed by atoms with van der Waals surface area (Å²) in [6.45, 7) is 1.95. The minimum atomic E-state index is -0.840. The number of carboxylic acid groups (broad SMARTS) is 1. The summed E-state index contributed by atoms with van der Waals surface area (Å²) in [5.41, 5.74) is 5.56. The molecule has 0 spiro atoms. The van der Waals surface area contributed by atoms with Crippen LogP contribution in [0.5, 0.6) is 5.75 Å². The average molecular weight is 427 g/mol. The number of nitrogens with zero attached hydrogens (tertiary/aromatic N) is 3. The fourth-order valence-corrected chi connectivity index (χ4v) is 4.14. The lowest BCUT2D eigenvalue weighted by atomic mass is 10.1. The highest BCUT2D eigenvalue weighted by molar-refractivity contribution is 5.81. The first-order valence-corrected chi connectivity index (χ1v) is 10.4. The van der Waals surface area contributed by atoms with Gasteiger partial charge < -0.3 is 19.0 Å². The summed E-state index contributed by atoms with van der Waals surface area (Å²) < 4.78 is 9.30. The summed E-state index contributed by atoms with van der Waals surface area (Å²) in [6.07, 6.45) is 4.36. The Bertz CT molecular complexity index is 1330. The third kappa shape index (κ3) is 3.58. The summed E-state index contributed by atoms with van der Waals surface area (Å²) >= 11 is 0. The highest BCUT2D eigenvalue weighted by atomic mass is 16.5. The van der Waals surface area contributed by atoms with Gasteiger partial charge >= 0.3 is 11.9 Å². The zero-order valence-electron chi connectivity index (χ0n) is 17.5. The second kappa shape index (κ2) is 7.85. The number of fused-ring (bicyclic) bond motifs is 1. The Morgan fingerprint density at radius 1 is 1.09 bits per heavy atom. The van der Waals surface area contributed by atoms with Gasteiger partial charge in [-0.2, -0.15) is 0 Å². The molecule has 3 heterocycles. The number of aryl methyl sites for hydroxylation is 2. The Morgan fingerprint density at radius 2 is 1.88 bits per heavy atom. The number of carbonyl (C=O) groups is 2. The monoisotopic (exact) mass is 427 g/mol. The van der Waals surface area contributed by atoms with Gasteiger partial charge in [0.05, 0.1) is 18.5 Å². The third-order valence-electron chi connectivity index (χ3n) is 5.68. The van der Waals surface area contributed by atoms with E-state index in [4.69, 9.17) is 4.74 Å². The first-order chi connectivity index (χ1) is 15.5. The SMILES string of the molecule is Cc1nccn1-c1ccc(-c2ccc(CCC(=O)O)n2-c2ccc3c(c2)CC(=O)O3)cc1. The largest absolute Gasteiger partial charge is 0.481 e. The molecule has 0 amide bonds. The molecule has 2 aromatic heterocycles. The highest BCUT2D eigenvalue weighted by Gasteiger charge is 2.22. The molecule has 1 N–H and O–H groups in total. The summed E-state index contributed by atoms with van der Waals surface area (Å²) in [4.78, 5) is 27.2. The summed E-state index contributed by atoms with van der Waals surface area (Å²) in [7, 11) is 0. The van der Waals surface area contributed by atoms with Crippen LogP contribution in [0, 0.1) is 6.92 Å². The zero-order chi connectivity index (χ0) is 22.2. The van der Waals surface area contributed by atoms with E-state index in [1.807, 2.05) is 66.2 Å². The number of rotatable bonds is 6. The predicted octanol–water partition coefficient (Wildman–Crippen LogP) is 4.12. The van der Waals surface area contributed by atoms with Gasteiger partial charge in [-0.05, 0) is 61.4 Å². The maximum absolute atomic E-state index is 11.7. The van der Waals surface area contributed by atoms with Gasteiger partial charge in [0.25, 0.3) is 0 Å². The van der Waals surface area contributed by atoms with E-state index in [1.165, 1.54) is 0 Å². The van der Waals surface area contributed by atoms with Crippen LogP contribution in [0.4, 0.5) is 0 Å². The van der Waals surface area contributed by atoms with Crippen molar-refractivity contribution >= 4 is 11.9 Å². The zero-order valence-corrected chi connectivity index (χ0v) is 17.5. The van der Waals surface area contributed by atoms with Crippen LogP contribution < -0.4 is 4.74 Å². The van der Waals surface area contributed by atoms with Gasteiger partial charge in [-0.15, -0.1) is 0 Å². The second-order valence-electron chi connectivity index (χ2n) is 7.77. The first kappa shape index (κ1) is 19.8. The molecule has 32 heavy (non-hydrogen) atoms. The van der Waals surface area contributed by atoms with Crippen molar-refractivity contribution in [3.8, 4) is 28.4 Å². The number of carboxylic acids is 1. The van der Waals surface area contributed by atoms with Gasteiger partial charge in [-0.1, -0.05) is 12.1 Å². The Labute approximate surface area is 184 Å². The van der Waals surface area contributed by atoms with Crippen LogP contribution in [0.2, 0.25) is 0 Å². The molecule has 0 saturated heterocycles. The molecule has 0 saturated carbocycles. The van der Waals surface area contributed by atoms with Crippen molar-refractivity contribution in [2.75, 3.05) is 0 Å². The van der Waals surface area contributed by atoms with E-state index in [0.717, 1.165) is 39.7 Å². The Kier molecular flexibility index (Phi) is 4.86. The smallest absolute Gasteiger partial charge is 0.315 e. The van der Waals surface area contributed by atoms with Crippen molar-refractivity contribution < 1.29 is 19.4 Å². The van der Waals surface area contributed by atoms with Crippen molar-refractivity contribution in [3.05, 3.63) is 84.1 Å². The van der Waals surface area contributed by atoms with Crippen molar-refractivity contribution in [2.45, 2.75) is 26.2 Å². The van der Waals surface area contributed by atoms with E-state index in [2.05, 4.69) is 9.55 Å². The van der Waals surface area contributed by atoms with Crippen molar-refractivity contribution in [2.24, 2.45) is 0 Å². The van der Waals surface area contributed by atoms with E-state index in [9.17, 15) is 14.7 Å². The summed E-state index contributed by atoms with van der Waals surface area (Å²) in [5, 5.41) is 9.19. The normalized spacial score (nSPS) is 12.6. The Balaban J connectivity index is 1.57. The molecule has 1 aliphatic heterocycles. The number of imidazole rings is 1. The van der Waals surface area contributed by atoms with E-state index >= 15 is 0 Å². The average Bonchev–Trinajstić information content (AvgIpc) is 3.48. The quantitative estimate of drug-likeness (QED) is 0.370. The van der Waals surface area contributed by atoms with Gasteiger partial charge in [0, 0.05) is 35.0 Å². The van der Waals surface area contributed by atoms with Crippen LogP contribution in [0.1, 0.15) is 23.5 Å². The molecule has 0 aliphatic carbocycles. The van der Waals surface area contributed by atoms with E-state index in [-0.39, 0.29) is 18.8 Å². The number of hydrogen-bond donors (Lipinski definition) is 1. The third-order valence-corrected chi connectivity index (χ3v) is 5.68. The van der Waals surface area contributed by atoms with Crippen LogP contribution in [0.15, 0.2) is 67.0 Å². The van der Waals surface area contributed by atoms with Crippen LogP contribution in [0.25, 0.3) is 22.6 Å². The maximum atomic E-state index is 11.7. The Hall–Kier alpha value is -4.13. The molecular formula is C25H21N3O4. The van der Waals surface area contributed by atoms with Crippen LogP contribution >= 0.6 is 0 Å². The molecule has 160 valence electrons. The number of ether oxygens (including phenoxy) is 1. The number of aliphatic carboxylic acids is 1. The topological polar surface area (TPSA) is 86.4 Å². The Morgan fingerprint density at radius 3 is 2.59 bits per heavy atom. The van der Waals surface area contributed by atoms with Gasteiger partial charge in [0.15, 0.2) is 0 Å². The molecule has 0 atom stereocenters. The number of hydrogen-bond acceptors (Lipinski definition) is 4. The molecule has 0 unspecified atom stereocenters. The van der Waals surface area contributed by atoms with Gasteiger partial charge in [-0.3, -0.25) is 9.59 Å². The van der Waals surface area contributed by atoms with Crippen LogP contribution in [-0.2, 0) is 22.4 Å². The number of carbonyl (C=O) groups excluding carboxylic acids is 1. The van der Waals surface area contributed by atoms with E-state index in [0.29, 0.717) is 12.2 Å². The number of benzene rings is 2. The molecule has 2 aromatic carbocycles. The van der Waals surface area contributed by atoms with Gasteiger partial charge in [0.1, 0.15) is 11.6 Å². The number of esters is 1. The molecule has 5 rings (SSSR count). The lowest BCUT2D eigenvalue weighted by molar-refractivity contribution is -0.137. The predicted molar refractivity (Wildman–Crippen MR) is 118 cm³/mol. The molecular weight excluding hydrogens is 406 g/mol. The van der Waals surface area contributed by atoms with Gasteiger partial charge in [0.2, 0.25) is 0 Å². The molecule has 4 aromatic rings. The first-order valence-electron chi connectivity index (χ1n) is 10.4. The van der Waals surface area contributed by atoms with Crippen molar-refractivity contribution in [1.82, 2.24) is 14.1 Å². The maximum Gasteiger partial charge on any atom is 0.315 e. The minimum Gasteiger partial charge on any atom is -0.481 e. The van der Waals surface area contributed by atoms with Crippen molar-refractivity contribution in [3.63, 3.8) is 0 Å². The molecule has 0 bridgehead atoms. The lowest BCUT2D eigenvalue weighted by Gasteiger charge is -2.15. The molecule has 7 nitrogen and oxygen atoms in total. The molecule has 7 heteroatoms. The van der Waals surface area contributed by atoms with Crippen molar-refractivity contribution in [1.29, 1.82) is 0 Å². The molecule has 1 aliphatic rings. The molecule has 0 fully saturated rings. The number of aromatic nitrogens is 3. The van der Waals surface area contributed by atoms with Crippen LogP contribution in [-0.4, -0.2) is 31.2 Å². The summed E-state index contributed by atoms with van der Waals surface area (Å²) in [6, 6.07) is 17.8. The molecule has 0 radical (unpaired) electrons. The van der Waals surface area contributed by atoms with E-state index in [1.54, 1.807) is 12.3 Å². The highest BCUT2D eigenvalue weighted by Crippen LogP contribution is 2.33. The lowest BCUT2D eigenvalue weighted by Crippen LogP contribution is -2.06. The van der Waals surface area contributed by atoms with Crippen LogP contribution in [0.3, 0.4) is 0 Å². The standard InChI is InChI=1S/C25H21N3O4/c1-16-26-12-13-27(16)19-4-2-17(3-5-19)22-9-6-20(8-11-24(29)30)28(22)21-7-10-23-18(14-21)15-25(31)32-23/h2-7,9-10,12-14H,8,11,15H2,1H3,(H,29,30). The second-order valence-corrected chi connectivity index (χ2v) is 7.77. The van der Waals surface area contributed by atoms with E-state index < -0.39 is 5.97 Å². The summed E-state index contributed by atoms with van der Waals surface area (Å²) in [5.74, 6) is 0.389. The minimum absolute atomic E-state index is 0.0365. The fraction of sp³-hybridized carbons (Fsp3) is 0.160. The van der Waals surface area contributed by atoms with Gasteiger partial charge in [-0.25, -0.2) is 4.98 Å².